The zero-order valence-corrected chi connectivity index (χ0v) is 9.32. The van der Waals surface area contributed by atoms with Crippen LogP contribution in [0.15, 0.2) is 11.6 Å². The second-order valence-electron chi connectivity index (χ2n) is 2.48. The Bertz CT molecular complexity index is 312. The second kappa shape index (κ2) is 6.00. The number of methoxy groups -OCH3 is 1. The maximum atomic E-state index is 11.1. The first-order valence-electron chi connectivity index (χ1n) is 3.75. The van der Waals surface area contributed by atoms with Gasteiger partial charge in [-0.1, -0.05) is 18.2 Å². The molecule has 0 aliphatic carbocycles. The lowest BCUT2D eigenvalue weighted by Crippen LogP contribution is -2.28. The smallest absolute Gasteiger partial charge is 0.306 e. The molecule has 0 bridgehead atoms. The van der Waals surface area contributed by atoms with Crippen molar-refractivity contribution in [2.45, 2.75) is 6.42 Å². The van der Waals surface area contributed by atoms with Crippen molar-refractivity contribution >= 4 is 27.6 Å². The molecule has 0 rings (SSSR count). The number of hydrogen-bond acceptors (Lipinski definition) is 4. The van der Waals surface area contributed by atoms with Crippen LogP contribution in [0, 0.1) is 0 Å². The van der Waals surface area contributed by atoms with E-state index in [1.54, 1.807) is 0 Å². The summed E-state index contributed by atoms with van der Waals surface area (Å²) in [5, 5.41) is 0.187. The fraction of sp³-hybridized carbons (Fsp3) is 0.571. The standard InChI is InChI=1S/C7H12ClNO4S/c1-6(8)5-9-14(11,12)4-3-7(10)13-2/h9H,1,3-5H2,2H3. The Labute approximate surface area is 88.1 Å². The molecule has 5 nitrogen and oxygen atoms in total. The van der Waals surface area contributed by atoms with Crippen LogP contribution in [0.2, 0.25) is 0 Å². The molecule has 0 aliphatic rings. The average Bonchev–Trinajstić information content (AvgIpc) is 2.11. The lowest BCUT2D eigenvalue weighted by Gasteiger charge is -2.04. The predicted molar refractivity (Wildman–Crippen MR) is 53.4 cm³/mol. The maximum Gasteiger partial charge on any atom is 0.306 e. The van der Waals surface area contributed by atoms with Gasteiger partial charge in [-0.15, -0.1) is 0 Å². The van der Waals surface area contributed by atoms with Crippen LogP contribution in [0.3, 0.4) is 0 Å². The molecule has 0 saturated heterocycles. The number of ether oxygens (including phenoxy) is 1. The predicted octanol–water partition coefficient (Wildman–Crippen LogP) is 0.221. The summed E-state index contributed by atoms with van der Waals surface area (Å²) in [6, 6.07) is 0. The first-order chi connectivity index (χ1) is 6.37. The van der Waals surface area contributed by atoms with E-state index in [0.717, 1.165) is 0 Å². The molecule has 0 fully saturated rings. The van der Waals surface area contributed by atoms with Gasteiger partial charge >= 0.3 is 5.97 Å². The molecule has 7 heteroatoms. The number of hydrogen-bond donors (Lipinski definition) is 1. The summed E-state index contributed by atoms with van der Waals surface area (Å²) >= 11 is 5.36. The molecule has 0 amide bonds. The van der Waals surface area contributed by atoms with Crippen LogP contribution >= 0.6 is 11.6 Å². The van der Waals surface area contributed by atoms with Gasteiger partial charge < -0.3 is 4.74 Å². The van der Waals surface area contributed by atoms with Crippen molar-refractivity contribution in [1.29, 1.82) is 0 Å². The zero-order chi connectivity index (χ0) is 11.2. The van der Waals surface area contributed by atoms with Gasteiger partial charge in [0.15, 0.2) is 0 Å². The molecule has 0 aromatic heterocycles. The Balaban J connectivity index is 3.96. The summed E-state index contributed by atoms with van der Waals surface area (Å²) in [5.74, 6) is -0.885. The van der Waals surface area contributed by atoms with Crippen LogP contribution in [0.5, 0.6) is 0 Å². The van der Waals surface area contributed by atoms with E-state index < -0.39 is 16.0 Å². The SMILES string of the molecule is C=C(Cl)CNS(=O)(=O)CCC(=O)OC. The minimum absolute atomic E-state index is 0.0366. The Morgan fingerprint density at radius 3 is 2.57 bits per heavy atom. The molecule has 0 aromatic rings. The monoisotopic (exact) mass is 241 g/mol. The number of sulfonamides is 1. The van der Waals surface area contributed by atoms with E-state index in [9.17, 15) is 13.2 Å². The van der Waals surface area contributed by atoms with Crippen molar-refractivity contribution in [1.82, 2.24) is 4.72 Å². The molecule has 0 atom stereocenters. The van der Waals surface area contributed by atoms with Crippen molar-refractivity contribution in [3.05, 3.63) is 11.6 Å². The molecule has 82 valence electrons. The van der Waals surface area contributed by atoms with Crippen LogP contribution in [0.1, 0.15) is 6.42 Å². The molecular weight excluding hydrogens is 230 g/mol. The van der Waals surface area contributed by atoms with Gasteiger partial charge in [0.05, 0.1) is 19.3 Å². The summed E-state index contributed by atoms with van der Waals surface area (Å²) in [6.07, 6.45) is -0.180. The summed E-state index contributed by atoms with van der Waals surface area (Å²) in [4.78, 5) is 10.6. The van der Waals surface area contributed by atoms with Crippen LogP contribution < -0.4 is 4.72 Å². The molecule has 1 N–H and O–H groups in total. The van der Waals surface area contributed by atoms with Gasteiger partial charge in [-0.2, -0.15) is 0 Å². The zero-order valence-electron chi connectivity index (χ0n) is 7.75. The summed E-state index contributed by atoms with van der Waals surface area (Å²) < 4.78 is 28.7. The van der Waals surface area contributed by atoms with Crippen LogP contribution in [0.4, 0.5) is 0 Å². The Morgan fingerprint density at radius 1 is 1.57 bits per heavy atom. The van der Waals surface area contributed by atoms with E-state index in [-0.39, 0.29) is 23.8 Å². The fourth-order valence-electron chi connectivity index (χ4n) is 0.580. The average molecular weight is 242 g/mol. The maximum absolute atomic E-state index is 11.1. The van der Waals surface area contributed by atoms with Gasteiger partial charge in [-0.05, 0) is 0 Å². The fourth-order valence-corrected chi connectivity index (χ4v) is 1.70. The Kier molecular flexibility index (Phi) is 5.75. The minimum Gasteiger partial charge on any atom is -0.469 e. The Morgan fingerprint density at radius 2 is 2.14 bits per heavy atom. The van der Waals surface area contributed by atoms with Crippen molar-refractivity contribution < 1.29 is 17.9 Å². The first-order valence-corrected chi connectivity index (χ1v) is 5.78. The normalized spacial score (nSPS) is 11.0. The van der Waals surface area contributed by atoms with Crippen molar-refractivity contribution in [3.8, 4) is 0 Å². The number of rotatable bonds is 6. The largest absolute Gasteiger partial charge is 0.469 e. The highest BCUT2D eigenvalue weighted by Gasteiger charge is 2.12. The van der Waals surface area contributed by atoms with E-state index in [2.05, 4.69) is 16.0 Å². The summed E-state index contributed by atoms with van der Waals surface area (Å²) in [5.41, 5.74) is 0. The lowest BCUT2D eigenvalue weighted by molar-refractivity contribution is -0.140. The van der Waals surface area contributed by atoms with Gasteiger partial charge in [0, 0.05) is 11.6 Å². The third-order valence-electron chi connectivity index (χ3n) is 1.29. The van der Waals surface area contributed by atoms with Gasteiger partial charge in [-0.25, -0.2) is 13.1 Å². The molecule has 0 radical (unpaired) electrons. The minimum atomic E-state index is -3.48. The quantitative estimate of drug-likeness (QED) is 0.676. The number of esters is 1. The number of halogens is 1. The number of carbonyl (C=O) groups is 1. The van der Waals surface area contributed by atoms with E-state index >= 15 is 0 Å². The highest BCUT2D eigenvalue weighted by atomic mass is 35.5. The summed E-state index contributed by atoms with van der Waals surface area (Å²) in [6.45, 7) is 3.28. The van der Waals surface area contributed by atoms with E-state index in [1.807, 2.05) is 0 Å². The van der Waals surface area contributed by atoms with E-state index in [1.165, 1.54) is 7.11 Å². The van der Waals surface area contributed by atoms with Crippen LogP contribution in [0.25, 0.3) is 0 Å². The third-order valence-corrected chi connectivity index (χ3v) is 2.75. The van der Waals surface area contributed by atoms with Crippen LogP contribution in [-0.4, -0.2) is 33.8 Å². The van der Waals surface area contributed by atoms with E-state index in [4.69, 9.17) is 11.6 Å². The van der Waals surface area contributed by atoms with Gasteiger partial charge in [0.25, 0.3) is 0 Å². The van der Waals surface area contributed by atoms with E-state index in [0.29, 0.717) is 0 Å². The molecule has 0 aromatic carbocycles. The Hall–Kier alpha value is -0.590. The van der Waals surface area contributed by atoms with Crippen molar-refractivity contribution in [3.63, 3.8) is 0 Å². The third kappa shape index (κ3) is 6.88. The van der Waals surface area contributed by atoms with Gasteiger partial charge in [0.2, 0.25) is 10.0 Å². The number of carbonyl (C=O) groups excluding carboxylic acids is 1. The molecule has 0 aliphatic heterocycles. The van der Waals surface area contributed by atoms with Crippen LogP contribution in [-0.2, 0) is 19.6 Å². The highest BCUT2D eigenvalue weighted by molar-refractivity contribution is 7.89. The molecular formula is C7H12ClNO4S. The van der Waals surface area contributed by atoms with Crippen molar-refractivity contribution in [2.75, 3.05) is 19.4 Å². The molecule has 0 saturated carbocycles. The second-order valence-corrected chi connectivity index (χ2v) is 4.94. The van der Waals surface area contributed by atoms with Crippen molar-refractivity contribution in [2.24, 2.45) is 0 Å². The highest BCUT2D eigenvalue weighted by Crippen LogP contribution is 1.96. The van der Waals surface area contributed by atoms with Gasteiger partial charge in [-0.3, -0.25) is 4.79 Å². The topological polar surface area (TPSA) is 72.5 Å². The molecule has 0 heterocycles. The molecule has 0 unspecified atom stereocenters. The first kappa shape index (κ1) is 13.4. The summed E-state index contributed by atoms with van der Waals surface area (Å²) in [7, 11) is -2.28. The molecule has 0 spiro atoms. The molecule has 14 heavy (non-hydrogen) atoms. The van der Waals surface area contributed by atoms with Gasteiger partial charge in [0.1, 0.15) is 0 Å². The number of nitrogens with one attached hydrogen (secondary N) is 1. The lowest BCUT2D eigenvalue weighted by atomic mass is 10.5.